The Balaban J connectivity index is 1.89. The number of para-hydroxylation sites is 2. The molecule has 2 aromatic rings. The van der Waals surface area contributed by atoms with Gasteiger partial charge in [-0.05, 0) is 43.3 Å². The van der Waals surface area contributed by atoms with Crippen LogP contribution >= 0.6 is 15.9 Å². The topological polar surface area (TPSA) is 67.9 Å². The van der Waals surface area contributed by atoms with Crippen molar-refractivity contribution in [1.29, 1.82) is 0 Å². The normalized spacial score (nSPS) is 10.1. The second-order valence-corrected chi connectivity index (χ2v) is 6.32. The minimum Gasteiger partial charge on any atom is -0.493 e. The molecule has 138 valence electrons. The van der Waals surface area contributed by atoms with Crippen LogP contribution in [-0.4, -0.2) is 43.5 Å². The molecule has 2 amide bonds. The average Bonchev–Trinajstić information content (AvgIpc) is 2.66. The quantitative estimate of drug-likeness (QED) is 0.710. The maximum atomic E-state index is 12.4. The predicted molar refractivity (Wildman–Crippen MR) is 104 cm³/mol. The Hall–Kier alpha value is -2.54. The van der Waals surface area contributed by atoms with E-state index in [2.05, 4.69) is 21.2 Å². The van der Waals surface area contributed by atoms with Gasteiger partial charge in [0, 0.05) is 16.7 Å². The van der Waals surface area contributed by atoms with E-state index in [1.54, 1.807) is 30.3 Å². The molecule has 0 atom stereocenters. The fourth-order valence-electron chi connectivity index (χ4n) is 2.25. The van der Waals surface area contributed by atoms with Crippen LogP contribution in [-0.2, 0) is 9.59 Å². The highest BCUT2D eigenvalue weighted by atomic mass is 79.9. The van der Waals surface area contributed by atoms with Crippen LogP contribution in [0, 0.1) is 0 Å². The lowest BCUT2D eigenvalue weighted by molar-refractivity contribution is -0.136. The number of halogens is 1. The van der Waals surface area contributed by atoms with Gasteiger partial charge in [0.2, 0.25) is 5.91 Å². The van der Waals surface area contributed by atoms with E-state index in [4.69, 9.17) is 9.47 Å². The number of carbonyl (C=O) groups excluding carboxylic acids is 2. The van der Waals surface area contributed by atoms with Gasteiger partial charge in [-0.1, -0.05) is 28.1 Å². The minimum absolute atomic E-state index is 0.0410. The summed E-state index contributed by atoms with van der Waals surface area (Å²) in [6.45, 7) is 2.01. The van der Waals surface area contributed by atoms with Gasteiger partial charge in [0.15, 0.2) is 18.1 Å². The first-order chi connectivity index (χ1) is 12.5. The van der Waals surface area contributed by atoms with Crippen molar-refractivity contribution in [3.05, 3.63) is 53.0 Å². The molecule has 1 N–H and O–H groups in total. The molecular weight excluding hydrogens is 400 g/mol. The number of likely N-dealkylation sites (N-methyl/N-ethyl adjacent to an activating group) is 1. The van der Waals surface area contributed by atoms with E-state index >= 15 is 0 Å². The summed E-state index contributed by atoms with van der Waals surface area (Å²) in [6, 6.07) is 14.3. The Bertz CT molecular complexity index is 749. The third kappa shape index (κ3) is 5.77. The van der Waals surface area contributed by atoms with Crippen LogP contribution < -0.4 is 14.8 Å². The summed E-state index contributed by atoms with van der Waals surface area (Å²) in [5, 5.41) is 2.77. The number of nitrogens with zero attached hydrogens (tertiary/aromatic N) is 1. The molecule has 6 nitrogen and oxygen atoms in total. The van der Waals surface area contributed by atoms with Crippen LogP contribution in [0.4, 0.5) is 5.69 Å². The molecule has 0 aromatic heterocycles. The van der Waals surface area contributed by atoms with Gasteiger partial charge in [-0.3, -0.25) is 9.59 Å². The summed E-state index contributed by atoms with van der Waals surface area (Å²) in [7, 11) is 1.54. The molecule has 2 aromatic carbocycles. The van der Waals surface area contributed by atoms with E-state index in [-0.39, 0.29) is 25.0 Å². The van der Waals surface area contributed by atoms with Gasteiger partial charge in [0.25, 0.3) is 5.91 Å². The monoisotopic (exact) mass is 420 g/mol. The molecule has 2 rings (SSSR count). The number of benzene rings is 2. The summed E-state index contributed by atoms with van der Waals surface area (Å²) >= 11 is 3.34. The minimum atomic E-state index is -0.274. The van der Waals surface area contributed by atoms with E-state index in [0.717, 1.165) is 4.47 Å². The summed E-state index contributed by atoms with van der Waals surface area (Å²) < 4.78 is 11.6. The van der Waals surface area contributed by atoms with E-state index in [1.165, 1.54) is 12.0 Å². The van der Waals surface area contributed by atoms with E-state index < -0.39 is 0 Å². The van der Waals surface area contributed by atoms with Gasteiger partial charge < -0.3 is 19.7 Å². The smallest absolute Gasteiger partial charge is 0.260 e. The fourth-order valence-corrected chi connectivity index (χ4v) is 2.52. The number of rotatable bonds is 8. The van der Waals surface area contributed by atoms with Gasteiger partial charge in [-0.15, -0.1) is 0 Å². The Morgan fingerprint density at radius 3 is 2.35 bits per heavy atom. The lowest BCUT2D eigenvalue weighted by Crippen LogP contribution is -2.40. The molecule has 0 aliphatic carbocycles. The van der Waals surface area contributed by atoms with Gasteiger partial charge in [0.1, 0.15) is 0 Å². The highest BCUT2D eigenvalue weighted by molar-refractivity contribution is 9.10. The molecule has 0 aliphatic rings. The number of methoxy groups -OCH3 is 1. The maximum Gasteiger partial charge on any atom is 0.260 e. The van der Waals surface area contributed by atoms with Crippen LogP contribution in [0.2, 0.25) is 0 Å². The molecule has 0 bridgehead atoms. The second kappa shape index (κ2) is 9.82. The van der Waals surface area contributed by atoms with E-state index in [0.29, 0.717) is 23.7 Å². The van der Waals surface area contributed by atoms with Crippen molar-refractivity contribution in [2.24, 2.45) is 0 Å². The van der Waals surface area contributed by atoms with Crippen molar-refractivity contribution < 1.29 is 19.1 Å². The summed E-state index contributed by atoms with van der Waals surface area (Å²) in [6.07, 6.45) is 0. The standard InChI is InChI=1S/C19H21BrN2O4/c1-3-22(12-18(23)21-15-10-8-14(20)9-11-15)19(24)13-26-17-7-5-4-6-16(17)25-2/h4-11H,3,12-13H2,1-2H3,(H,21,23). The molecule has 7 heteroatoms. The number of anilines is 1. The molecule has 0 saturated carbocycles. The summed E-state index contributed by atoms with van der Waals surface area (Å²) in [4.78, 5) is 26.0. The van der Waals surface area contributed by atoms with Gasteiger partial charge in [-0.25, -0.2) is 0 Å². The van der Waals surface area contributed by atoms with Crippen LogP contribution in [0.1, 0.15) is 6.92 Å². The van der Waals surface area contributed by atoms with Crippen molar-refractivity contribution in [3.8, 4) is 11.5 Å². The Labute approximate surface area is 161 Å². The number of ether oxygens (including phenoxy) is 2. The lowest BCUT2D eigenvalue weighted by atomic mass is 10.3. The van der Waals surface area contributed by atoms with Crippen LogP contribution in [0.25, 0.3) is 0 Å². The molecule has 0 unspecified atom stereocenters. The summed E-state index contributed by atoms with van der Waals surface area (Å²) in [5.74, 6) is 0.499. The highest BCUT2D eigenvalue weighted by Crippen LogP contribution is 2.25. The Morgan fingerprint density at radius 1 is 1.08 bits per heavy atom. The SMILES string of the molecule is CCN(CC(=O)Nc1ccc(Br)cc1)C(=O)COc1ccccc1OC. The van der Waals surface area contributed by atoms with Gasteiger partial charge in [0.05, 0.1) is 13.7 Å². The number of hydrogen-bond donors (Lipinski definition) is 1. The number of hydrogen-bond acceptors (Lipinski definition) is 4. The van der Waals surface area contributed by atoms with Gasteiger partial charge >= 0.3 is 0 Å². The molecule has 0 fully saturated rings. The van der Waals surface area contributed by atoms with Crippen molar-refractivity contribution in [2.75, 3.05) is 32.1 Å². The van der Waals surface area contributed by atoms with Crippen molar-refractivity contribution >= 4 is 33.4 Å². The van der Waals surface area contributed by atoms with Crippen molar-refractivity contribution in [1.82, 2.24) is 4.90 Å². The Kier molecular flexibility index (Phi) is 7.47. The second-order valence-electron chi connectivity index (χ2n) is 5.40. The number of carbonyl (C=O) groups is 2. The third-order valence-corrected chi connectivity index (χ3v) is 4.15. The van der Waals surface area contributed by atoms with E-state index in [1.807, 2.05) is 25.1 Å². The maximum absolute atomic E-state index is 12.4. The van der Waals surface area contributed by atoms with Crippen LogP contribution in [0.3, 0.4) is 0 Å². The van der Waals surface area contributed by atoms with Crippen LogP contribution in [0.15, 0.2) is 53.0 Å². The number of amides is 2. The highest BCUT2D eigenvalue weighted by Gasteiger charge is 2.17. The molecule has 0 aliphatic heterocycles. The van der Waals surface area contributed by atoms with Gasteiger partial charge in [-0.2, -0.15) is 0 Å². The molecular formula is C19H21BrN2O4. The first-order valence-corrected chi connectivity index (χ1v) is 8.91. The zero-order chi connectivity index (χ0) is 18.9. The number of nitrogens with one attached hydrogen (secondary N) is 1. The lowest BCUT2D eigenvalue weighted by Gasteiger charge is -2.21. The fraction of sp³-hybridized carbons (Fsp3) is 0.263. The third-order valence-electron chi connectivity index (χ3n) is 3.62. The average molecular weight is 421 g/mol. The van der Waals surface area contributed by atoms with Crippen LogP contribution in [0.5, 0.6) is 11.5 Å². The van der Waals surface area contributed by atoms with Crippen molar-refractivity contribution in [2.45, 2.75) is 6.92 Å². The molecule has 0 saturated heterocycles. The zero-order valence-electron chi connectivity index (χ0n) is 14.7. The first-order valence-electron chi connectivity index (χ1n) is 8.12. The summed E-state index contributed by atoms with van der Waals surface area (Å²) in [5.41, 5.74) is 0.673. The Morgan fingerprint density at radius 2 is 1.73 bits per heavy atom. The van der Waals surface area contributed by atoms with Crippen molar-refractivity contribution in [3.63, 3.8) is 0 Å². The predicted octanol–water partition coefficient (Wildman–Crippen LogP) is 3.32. The molecule has 0 heterocycles. The largest absolute Gasteiger partial charge is 0.493 e. The van der Waals surface area contributed by atoms with E-state index in [9.17, 15) is 9.59 Å². The zero-order valence-corrected chi connectivity index (χ0v) is 16.3. The molecule has 26 heavy (non-hydrogen) atoms. The first kappa shape index (κ1) is 19.8. The molecule has 0 spiro atoms. The molecule has 0 radical (unpaired) electrons.